The Labute approximate surface area is 139 Å². The molecule has 1 aliphatic heterocycles. The van der Waals surface area contributed by atoms with E-state index in [-0.39, 0.29) is 11.5 Å². The first kappa shape index (κ1) is 14.7. The van der Waals surface area contributed by atoms with Gasteiger partial charge in [-0.15, -0.1) is 0 Å². The van der Waals surface area contributed by atoms with E-state index < -0.39 is 0 Å². The van der Waals surface area contributed by atoms with E-state index in [9.17, 15) is 9.59 Å². The Morgan fingerprint density at radius 3 is 2.75 bits per heavy atom. The number of amides is 1. The van der Waals surface area contributed by atoms with Crippen molar-refractivity contribution in [1.29, 1.82) is 0 Å². The molecule has 24 heavy (non-hydrogen) atoms. The molecule has 1 amide bonds. The lowest BCUT2D eigenvalue weighted by Gasteiger charge is -2.33. The molecule has 0 spiro atoms. The second kappa shape index (κ2) is 5.64. The Morgan fingerprint density at radius 1 is 1.12 bits per heavy atom. The van der Waals surface area contributed by atoms with Crippen LogP contribution in [0, 0.1) is 5.92 Å². The number of nitrogens with zero attached hydrogens (tertiary/aromatic N) is 1. The first-order valence-corrected chi connectivity index (χ1v) is 8.15. The molecule has 0 fully saturated rings. The van der Waals surface area contributed by atoms with E-state index in [1.165, 1.54) is 5.56 Å². The molecule has 0 saturated heterocycles. The maximum absolute atomic E-state index is 13.1. The first-order chi connectivity index (χ1) is 11.6. The fourth-order valence-electron chi connectivity index (χ4n) is 3.46. The highest BCUT2D eigenvalue weighted by Gasteiger charge is 2.27. The zero-order valence-electron chi connectivity index (χ0n) is 13.5. The highest BCUT2D eigenvalue weighted by atomic mass is 16.2. The Hall–Kier alpha value is -2.88. The summed E-state index contributed by atoms with van der Waals surface area (Å²) < 4.78 is 0. The second-order valence-corrected chi connectivity index (χ2v) is 6.45. The van der Waals surface area contributed by atoms with E-state index in [2.05, 4.69) is 18.0 Å². The van der Waals surface area contributed by atoms with E-state index >= 15 is 0 Å². The van der Waals surface area contributed by atoms with Crippen molar-refractivity contribution in [3.05, 3.63) is 76.2 Å². The third-order valence-corrected chi connectivity index (χ3v) is 4.57. The van der Waals surface area contributed by atoms with Crippen LogP contribution in [0.5, 0.6) is 0 Å². The van der Waals surface area contributed by atoms with Gasteiger partial charge in [0.25, 0.3) is 11.5 Å². The third kappa shape index (κ3) is 2.40. The number of rotatable bonds is 1. The predicted molar refractivity (Wildman–Crippen MR) is 95.6 cm³/mol. The quantitative estimate of drug-likeness (QED) is 0.748. The van der Waals surface area contributed by atoms with Crippen LogP contribution in [0.3, 0.4) is 0 Å². The Bertz CT molecular complexity index is 990. The van der Waals surface area contributed by atoms with Gasteiger partial charge in [-0.05, 0) is 41.5 Å². The molecule has 4 heteroatoms. The smallest absolute Gasteiger partial charge is 0.274 e. The normalized spacial score (nSPS) is 16.9. The molecule has 0 aliphatic carbocycles. The largest absolute Gasteiger partial charge is 0.317 e. The Morgan fingerprint density at radius 2 is 1.88 bits per heavy atom. The van der Waals surface area contributed by atoms with Crippen molar-refractivity contribution in [1.82, 2.24) is 4.98 Å². The molecule has 2 aromatic carbocycles. The molecule has 0 saturated carbocycles. The number of aromatic amines is 1. The van der Waals surface area contributed by atoms with Crippen molar-refractivity contribution in [3.8, 4) is 0 Å². The van der Waals surface area contributed by atoms with Gasteiger partial charge in [0.1, 0.15) is 5.69 Å². The molecule has 4 rings (SSSR count). The Kier molecular flexibility index (Phi) is 3.45. The van der Waals surface area contributed by atoms with Crippen molar-refractivity contribution < 1.29 is 4.79 Å². The van der Waals surface area contributed by atoms with E-state index in [4.69, 9.17) is 0 Å². The van der Waals surface area contributed by atoms with Gasteiger partial charge in [-0.2, -0.15) is 0 Å². The summed E-state index contributed by atoms with van der Waals surface area (Å²) in [5, 5.41) is 1.38. The topological polar surface area (TPSA) is 53.2 Å². The fourth-order valence-corrected chi connectivity index (χ4v) is 3.46. The van der Waals surface area contributed by atoms with Crippen LogP contribution in [-0.4, -0.2) is 17.4 Å². The summed E-state index contributed by atoms with van der Waals surface area (Å²) >= 11 is 0. The number of pyridine rings is 1. The van der Waals surface area contributed by atoms with E-state index in [0.717, 1.165) is 17.5 Å². The minimum Gasteiger partial charge on any atom is -0.317 e. The number of aromatic nitrogens is 1. The first-order valence-electron chi connectivity index (χ1n) is 8.15. The van der Waals surface area contributed by atoms with Crippen molar-refractivity contribution in [2.24, 2.45) is 5.92 Å². The van der Waals surface area contributed by atoms with Gasteiger partial charge >= 0.3 is 0 Å². The van der Waals surface area contributed by atoms with Crippen LogP contribution in [0.25, 0.3) is 10.8 Å². The van der Waals surface area contributed by atoms with Gasteiger partial charge in [0.05, 0.1) is 0 Å². The molecular formula is C20H18N2O2. The number of hydrogen-bond acceptors (Lipinski definition) is 2. The lowest BCUT2D eigenvalue weighted by molar-refractivity contribution is 0.0976. The molecule has 0 radical (unpaired) electrons. The molecule has 1 N–H and O–H groups in total. The van der Waals surface area contributed by atoms with Crippen LogP contribution in [0.1, 0.15) is 23.0 Å². The fraction of sp³-hybridized carbons (Fsp3) is 0.200. The number of para-hydroxylation sites is 1. The van der Waals surface area contributed by atoms with Gasteiger partial charge in [-0.1, -0.05) is 43.3 Å². The molecule has 4 nitrogen and oxygen atoms in total. The van der Waals surface area contributed by atoms with Crippen molar-refractivity contribution in [2.75, 3.05) is 11.4 Å². The molecule has 0 bridgehead atoms. The number of carbonyl (C=O) groups is 1. The third-order valence-electron chi connectivity index (χ3n) is 4.57. The number of benzene rings is 2. The van der Waals surface area contributed by atoms with Crippen LogP contribution >= 0.6 is 0 Å². The summed E-state index contributed by atoms with van der Waals surface area (Å²) in [7, 11) is 0. The Balaban J connectivity index is 1.81. The van der Waals surface area contributed by atoms with Crippen molar-refractivity contribution >= 4 is 22.4 Å². The van der Waals surface area contributed by atoms with Gasteiger partial charge in [-0.25, -0.2) is 0 Å². The summed E-state index contributed by atoms with van der Waals surface area (Å²) in [5.74, 6) is 0.230. The summed E-state index contributed by atoms with van der Waals surface area (Å²) in [5.41, 5.74) is 2.22. The van der Waals surface area contributed by atoms with Gasteiger partial charge in [0.2, 0.25) is 0 Å². The van der Waals surface area contributed by atoms with Crippen molar-refractivity contribution in [3.63, 3.8) is 0 Å². The molecule has 1 atom stereocenters. The minimum atomic E-state index is -0.227. The van der Waals surface area contributed by atoms with Crippen LogP contribution < -0.4 is 10.5 Å². The summed E-state index contributed by atoms with van der Waals surface area (Å²) in [6.07, 6.45) is 0.966. The average molecular weight is 318 g/mol. The predicted octanol–water partition coefficient (Wildman–Crippen LogP) is 3.37. The summed E-state index contributed by atoms with van der Waals surface area (Å²) in [6.45, 7) is 2.80. The van der Waals surface area contributed by atoms with Crippen LogP contribution in [0.15, 0.2) is 59.4 Å². The van der Waals surface area contributed by atoms with E-state index in [1.807, 2.05) is 36.4 Å². The van der Waals surface area contributed by atoms with Crippen molar-refractivity contribution in [2.45, 2.75) is 13.3 Å². The molecule has 1 aromatic heterocycles. The maximum Gasteiger partial charge on any atom is 0.274 e. The van der Waals surface area contributed by atoms with Gasteiger partial charge < -0.3 is 9.88 Å². The number of nitrogens with one attached hydrogen (secondary N) is 1. The minimum absolute atomic E-state index is 0.156. The zero-order valence-corrected chi connectivity index (χ0v) is 13.5. The number of carbonyl (C=O) groups excluding carboxylic acids is 1. The number of fused-ring (bicyclic) bond motifs is 2. The maximum atomic E-state index is 13.1. The number of hydrogen-bond donors (Lipinski definition) is 1. The molecule has 3 aromatic rings. The zero-order chi connectivity index (χ0) is 16.7. The van der Waals surface area contributed by atoms with Crippen LogP contribution in [0.4, 0.5) is 5.69 Å². The van der Waals surface area contributed by atoms with Gasteiger partial charge in [-0.3, -0.25) is 9.59 Å². The van der Waals surface area contributed by atoms with Gasteiger partial charge in [0.15, 0.2) is 0 Å². The number of H-pyrrole nitrogens is 1. The highest BCUT2D eigenvalue weighted by Crippen LogP contribution is 2.30. The van der Waals surface area contributed by atoms with E-state index in [0.29, 0.717) is 23.5 Å². The molecule has 1 aliphatic rings. The molecular weight excluding hydrogens is 300 g/mol. The molecule has 0 unspecified atom stereocenters. The van der Waals surface area contributed by atoms with Crippen LogP contribution in [-0.2, 0) is 6.42 Å². The molecule has 120 valence electrons. The summed E-state index contributed by atoms with van der Waals surface area (Å²) in [4.78, 5) is 29.9. The van der Waals surface area contributed by atoms with Gasteiger partial charge in [0, 0.05) is 17.6 Å². The van der Waals surface area contributed by atoms with Crippen LogP contribution in [0.2, 0.25) is 0 Å². The highest BCUT2D eigenvalue weighted by molar-refractivity contribution is 6.07. The lowest BCUT2D eigenvalue weighted by atomic mass is 9.93. The lowest BCUT2D eigenvalue weighted by Crippen LogP contribution is -2.40. The summed E-state index contributed by atoms with van der Waals surface area (Å²) in [6, 6.07) is 17.0. The second-order valence-electron chi connectivity index (χ2n) is 6.45. The standard InChI is InChI=1S/C20H18N2O2/c1-13-10-15-7-3-5-9-18(15)22(12-13)20(24)17-11-14-6-2-4-8-16(14)19(23)21-17/h2-9,11,13H,10,12H2,1H3,(H,21,23)/t13-/m1/s1. The average Bonchev–Trinajstić information content (AvgIpc) is 2.60. The number of anilines is 1. The molecule has 2 heterocycles. The monoisotopic (exact) mass is 318 g/mol. The van der Waals surface area contributed by atoms with E-state index in [1.54, 1.807) is 17.0 Å². The SMILES string of the molecule is C[C@@H]1Cc2ccccc2N(C(=O)c2cc3ccccc3c(=O)[nH]2)C1.